The van der Waals surface area contributed by atoms with Gasteiger partial charge in [-0.05, 0) is 75.2 Å². The number of sulfonamides is 1. The van der Waals surface area contributed by atoms with Crippen LogP contribution in [0.3, 0.4) is 0 Å². The molecule has 0 unspecified atom stereocenters. The predicted molar refractivity (Wildman–Crippen MR) is 109 cm³/mol. The van der Waals surface area contributed by atoms with Gasteiger partial charge in [-0.25, -0.2) is 12.8 Å². The molecule has 8 heteroatoms. The van der Waals surface area contributed by atoms with Crippen LogP contribution in [0.25, 0.3) is 0 Å². The first kappa shape index (κ1) is 21.3. The van der Waals surface area contributed by atoms with Crippen LogP contribution in [0.5, 0.6) is 5.75 Å². The fraction of sp³-hybridized carbons (Fsp3) is 0.381. The van der Waals surface area contributed by atoms with Gasteiger partial charge in [0.15, 0.2) is 0 Å². The number of carbonyl (C=O) groups is 1. The van der Waals surface area contributed by atoms with E-state index in [0.717, 1.165) is 12.1 Å². The van der Waals surface area contributed by atoms with Crippen molar-refractivity contribution in [1.82, 2.24) is 4.31 Å². The molecule has 0 spiro atoms. The Kier molecular flexibility index (Phi) is 6.54. The van der Waals surface area contributed by atoms with Gasteiger partial charge in [-0.15, -0.1) is 0 Å². The average Bonchev–Trinajstić information content (AvgIpc) is 2.69. The maximum Gasteiger partial charge on any atom is 0.243 e. The van der Waals surface area contributed by atoms with Gasteiger partial charge in [0.2, 0.25) is 15.9 Å². The molecule has 1 amide bonds. The van der Waals surface area contributed by atoms with E-state index in [0.29, 0.717) is 30.8 Å². The maximum atomic E-state index is 13.1. The molecular weight excluding hydrogens is 395 g/mol. The molecule has 1 N–H and O–H groups in total. The van der Waals surface area contributed by atoms with E-state index < -0.39 is 21.8 Å². The Morgan fingerprint density at radius 3 is 2.41 bits per heavy atom. The second-order valence-electron chi connectivity index (χ2n) is 7.34. The fourth-order valence-corrected chi connectivity index (χ4v) is 4.79. The van der Waals surface area contributed by atoms with Crippen LogP contribution in [0.2, 0.25) is 0 Å². The molecule has 1 heterocycles. The Balaban J connectivity index is 1.65. The van der Waals surface area contributed by atoms with E-state index in [-0.39, 0.29) is 23.5 Å². The Morgan fingerprint density at radius 2 is 1.79 bits per heavy atom. The Morgan fingerprint density at radius 1 is 1.14 bits per heavy atom. The smallest absolute Gasteiger partial charge is 0.243 e. The zero-order valence-electron chi connectivity index (χ0n) is 16.5. The van der Waals surface area contributed by atoms with Gasteiger partial charge < -0.3 is 10.1 Å². The summed E-state index contributed by atoms with van der Waals surface area (Å²) in [5.41, 5.74) is 0.629. The van der Waals surface area contributed by atoms with Crippen molar-refractivity contribution in [2.75, 3.05) is 18.4 Å². The molecule has 2 aromatic rings. The normalized spacial score (nSPS) is 17.9. The van der Waals surface area contributed by atoms with E-state index in [2.05, 4.69) is 5.32 Å². The Hall–Kier alpha value is -2.45. The lowest BCUT2D eigenvalue weighted by atomic mass is 9.99. The molecule has 1 aliphatic heterocycles. The molecule has 6 nitrogen and oxygen atoms in total. The number of hydrogen-bond acceptors (Lipinski definition) is 4. The number of piperidine rings is 1. The average molecular weight is 421 g/mol. The molecule has 156 valence electrons. The van der Waals surface area contributed by atoms with Gasteiger partial charge in [0.25, 0.3) is 0 Å². The molecule has 29 heavy (non-hydrogen) atoms. The van der Waals surface area contributed by atoms with Gasteiger partial charge in [-0.2, -0.15) is 4.31 Å². The highest BCUT2D eigenvalue weighted by Crippen LogP contribution is 2.25. The van der Waals surface area contributed by atoms with Gasteiger partial charge in [-0.1, -0.05) is 0 Å². The molecule has 3 rings (SSSR count). The van der Waals surface area contributed by atoms with Crippen molar-refractivity contribution in [1.29, 1.82) is 0 Å². The van der Waals surface area contributed by atoms with E-state index >= 15 is 0 Å². The molecule has 1 saturated heterocycles. The lowest BCUT2D eigenvalue weighted by molar-refractivity contribution is -0.120. The number of anilines is 1. The highest BCUT2D eigenvalue weighted by atomic mass is 32.2. The number of nitrogens with zero attached hydrogens (tertiary/aromatic N) is 1. The second kappa shape index (κ2) is 8.92. The van der Waals surface area contributed by atoms with Crippen molar-refractivity contribution in [3.63, 3.8) is 0 Å². The van der Waals surface area contributed by atoms with Gasteiger partial charge >= 0.3 is 0 Å². The van der Waals surface area contributed by atoms with Crippen LogP contribution >= 0.6 is 0 Å². The summed E-state index contributed by atoms with van der Waals surface area (Å²) >= 11 is 0. The minimum absolute atomic E-state index is 0.0284. The number of ether oxygens (including phenoxy) is 1. The number of nitrogens with one attached hydrogen (secondary N) is 1. The van der Waals surface area contributed by atoms with E-state index in [4.69, 9.17) is 4.74 Å². The van der Waals surface area contributed by atoms with Crippen LogP contribution in [0.15, 0.2) is 53.4 Å². The first-order valence-electron chi connectivity index (χ1n) is 9.59. The summed E-state index contributed by atoms with van der Waals surface area (Å²) in [7, 11) is -3.77. The zero-order chi connectivity index (χ0) is 21.0. The third kappa shape index (κ3) is 5.33. The third-order valence-electron chi connectivity index (χ3n) is 4.70. The summed E-state index contributed by atoms with van der Waals surface area (Å²) in [6.45, 7) is 4.31. The lowest BCUT2D eigenvalue weighted by Gasteiger charge is -2.31. The summed E-state index contributed by atoms with van der Waals surface area (Å²) in [6, 6.07) is 11.8. The van der Waals surface area contributed by atoms with Crippen LogP contribution < -0.4 is 10.1 Å². The number of rotatable bonds is 6. The molecule has 0 bridgehead atoms. The maximum absolute atomic E-state index is 13.1. The van der Waals surface area contributed by atoms with Crippen molar-refractivity contribution >= 4 is 21.6 Å². The molecular formula is C21H25FN2O4S. The lowest BCUT2D eigenvalue weighted by Crippen LogP contribution is -2.43. The quantitative estimate of drug-likeness (QED) is 0.774. The molecule has 1 atom stereocenters. The highest BCUT2D eigenvalue weighted by Gasteiger charge is 2.33. The van der Waals surface area contributed by atoms with E-state index in [1.54, 1.807) is 24.3 Å². The Bertz CT molecular complexity index is 944. The Labute approximate surface area is 170 Å². The van der Waals surface area contributed by atoms with E-state index in [1.807, 2.05) is 13.8 Å². The van der Waals surface area contributed by atoms with E-state index in [9.17, 15) is 17.6 Å². The van der Waals surface area contributed by atoms with Gasteiger partial charge in [0.05, 0.1) is 16.9 Å². The van der Waals surface area contributed by atoms with E-state index in [1.165, 1.54) is 16.4 Å². The fourth-order valence-electron chi connectivity index (χ4n) is 3.26. The summed E-state index contributed by atoms with van der Waals surface area (Å²) in [6.07, 6.45) is 1.25. The second-order valence-corrected chi connectivity index (χ2v) is 9.27. The highest BCUT2D eigenvalue weighted by molar-refractivity contribution is 7.89. The van der Waals surface area contributed by atoms with Gasteiger partial charge in [0, 0.05) is 18.8 Å². The molecule has 0 aromatic heterocycles. The molecule has 2 aromatic carbocycles. The van der Waals surface area contributed by atoms with Crippen LogP contribution in [0.1, 0.15) is 26.7 Å². The standard InChI is InChI=1S/C21H25FN2O4S/c1-15(2)28-19-9-7-18(8-10-19)23-21(25)16-4-3-13-24(14-16)29(26,27)20-11-5-17(22)6-12-20/h5-12,15-16H,3-4,13-14H2,1-2H3,(H,23,25)/t16-/m0/s1. The van der Waals surface area contributed by atoms with Crippen molar-refractivity contribution < 1.29 is 22.3 Å². The SMILES string of the molecule is CC(C)Oc1ccc(NC(=O)[C@H]2CCCN(S(=O)(=O)c3ccc(F)cc3)C2)cc1. The summed E-state index contributed by atoms with van der Waals surface area (Å²) in [5.74, 6) is -0.455. The van der Waals surface area contributed by atoms with Crippen LogP contribution in [0, 0.1) is 11.7 Å². The topological polar surface area (TPSA) is 75.7 Å². The first-order chi connectivity index (χ1) is 13.8. The number of benzene rings is 2. The van der Waals surface area contributed by atoms with Crippen molar-refractivity contribution in [2.24, 2.45) is 5.92 Å². The predicted octanol–water partition coefficient (Wildman–Crippen LogP) is 3.65. The van der Waals surface area contributed by atoms with Gasteiger partial charge in [-0.3, -0.25) is 4.79 Å². The minimum Gasteiger partial charge on any atom is -0.491 e. The summed E-state index contributed by atoms with van der Waals surface area (Å²) < 4.78 is 45.6. The monoisotopic (exact) mass is 420 g/mol. The first-order valence-corrected chi connectivity index (χ1v) is 11.0. The van der Waals surface area contributed by atoms with Gasteiger partial charge in [0.1, 0.15) is 11.6 Å². The van der Waals surface area contributed by atoms with Crippen molar-refractivity contribution in [3.8, 4) is 5.75 Å². The van der Waals surface area contributed by atoms with Crippen molar-refractivity contribution in [3.05, 3.63) is 54.3 Å². The molecule has 0 aliphatic carbocycles. The minimum atomic E-state index is -3.77. The molecule has 0 saturated carbocycles. The number of carbonyl (C=O) groups excluding carboxylic acids is 1. The van der Waals surface area contributed by atoms with Crippen LogP contribution in [0.4, 0.5) is 10.1 Å². The van der Waals surface area contributed by atoms with Crippen LogP contribution in [-0.2, 0) is 14.8 Å². The summed E-state index contributed by atoms with van der Waals surface area (Å²) in [4.78, 5) is 12.7. The molecule has 1 fully saturated rings. The number of halogens is 1. The zero-order valence-corrected chi connectivity index (χ0v) is 17.3. The largest absolute Gasteiger partial charge is 0.491 e. The van der Waals surface area contributed by atoms with Crippen LogP contribution in [-0.4, -0.2) is 37.8 Å². The van der Waals surface area contributed by atoms with Crippen molar-refractivity contribution in [2.45, 2.75) is 37.7 Å². The molecule has 0 radical (unpaired) electrons. The number of hydrogen-bond donors (Lipinski definition) is 1. The molecule has 1 aliphatic rings. The third-order valence-corrected chi connectivity index (χ3v) is 6.58. The summed E-state index contributed by atoms with van der Waals surface area (Å²) in [5, 5.41) is 2.85. The number of amides is 1.